The predicted octanol–water partition coefficient (Wildman–Crippen LogP) is 3.27. The van der Waals surface area contributed by atoms with E-state index in [9.17, 15) is 5.11 Å². The van der Waals surface area contributed by atoms with E-state index in [1.54, 1.807) is 0 Å². The molecule has 2 unspecified atom stereocenters. The van der Waals surface area contributed by atoms with E-state index in [2.05, 4.69) is 11.8 Å². The number of hydrogen-bond donors (Lipinski definition) is 1. The highest BCUT2D eigenvalue weighted by Gasteiger charge is 2.25. The fourth-order valence-electron chi connectivity index (χ4n) is 3.14. The van der Waals surface area contributed by atoms with Crippen LogP contribution in [0.5, 0.6) is 0 Å². The van der Waals surface area contributed by atoms with E-state index in [1.807, 2.05) is 26.0 Å². The normalized spacial score (nSPS) is 28.9. The smallest absolute Gasteiger partial charge is 0.156 e. The van der Waals surface area contributed by atoms with E-state index >= 15 is 0 Å². The summed E-state index contributed by atoms with van der Waals surface area (Å²) in [4.78, 5) is 0. The molecule has 0 aromatic heterocycles. The predicted molar refractivity (Wildman–Crippen MR) is 83.6 cm³/mol. The van der Waals surface area contributed by atoms with Crippen LogP contribution in [-0.2, 0) is 9.47 Å². The van der Waals surface area contributed by atoms with Crippen molar-refractivity contribution in [2.45, 2.75) is 70.9 Å². The van der Waals surface area contributed by atoms with E-state index in [0.717, 1.165) is 0 Å². The van der Waals surface area contributed by atoms with Crippen molar-refractivity contribution in [2.75, 3.05) is 6.61 Å². The average Bonchev–Trinajstić information content (AvgIpc) is 2.90. The van der Waals surface area contributed by atoms with Crippen molar-refractivity contribution < 1.29 is 14.6 Å². The van der Waals surface area contributed by atoms with Gasteiger partial charge in [0, 0.05) is 6.61 Å². The maximum Gasteiger partial charge on any atom is 0.156 e. The van der Waals surface area contributed by atoms with Crippen LogP contribution in [0.2, 0.25) is 0 Å². The third kappa shape index (κ3) is 5.14. The second kappa shape index (κ2) is 8.58. The van der Waals surface area contributed by atoms with Gasteiger partial charge in [0.2, 0.25) is 0 Å². The molecule has 0 aromatic rings. The molecular weight excluding hydrogens is 264 g/mol. The molecule has 0 spiro atoms. The van der Waals surface area contributed by atoms with Gasteiger partial charge >= 0.3 is 0 Å². The maximum absolute atomic E-state index is 9.85. The van der Waals surface area contributed by atoms with Gasteiger partial charge in [-0.1, -0.05) is 43.3 Å². The highest BCUT2D eigenvalue weighted by molar-refractivity contribution is 5.20. The van der Waals surface area contributed by atoms with Crippen LogP contribution in [-0.4, -0.2) is 30.2 Å². The lowest BCUT2D eigenvalue weighted by molar-refractivity contribution is -0.156. The molecule has 1 fully saturated rings. The van der Waals surface area contributed by atoms with Crippen molar-refractivity contribution in [3.8, 4) is 11.8 Å². The Morgan fingerprint density at radius 1 is 1.29 bits per heavy atom. The summed E-state index contributed by atoms with van der Waals surface area (Å²) in [7, 11) is 0. The van der Waals surface area contributed by atoms with Crippen molar-refractivity contribution in [1.29, 1.82) is 0 Å². The Morgan fingerprint density at radius 3 is 2.67 bits per heavy atom. The van der Waals surface area contributed by atoms with Gasteiger partial charge in [0.1, 0.15) is 6.10 Å². The van der Waals surface area contributed by atoms with Gasteiger partial charge in [-0.3, -0.25) is 0 Å². The largest absolute Gasteiger partial charge is 0.391 e. The average molecular weight is 292 g/mol. The van der Waals surface area contributed by atoms with Crippen LogP contribution in [0.1, 0.15) is 52.4 Å². The van der Waals surface area contributed by atoms with Crippen LogP contribution >= 0.6 is 0 Å². The molecule has 3 heteroatoms. The molecule has 21 heavy (non-hydrogen) atoms. The first-order valence-electron chi connectivity index (χ1n) is 8.33. The molecule has 1 N–H and O–H groups in total. The minimum Gasteiger partial charge on any atom is -0.391 e. The fraction of sp³-hybridized carbons (Fsp3) is 0.778. The monoisotopic (exact) mass is 292 g/mol. The molecule has 118 valence electrons. The standard InChI is InChI=1S/C18H28O3/c1-3-20-14(2)21-18(16-8-5-4-6-9-16)13-12-15-10-7-11-17(15)19/h7,10,14-19H,3-6,8-9,11H2,1-2H3/t14?,15-,17+,18?/m0/s1. The van der Waals surface area contributed by atoms with Gasteiger partial charge in [-0.2, -0.15) is 0 Å². The molecule has 0 aliphatic heterocycles. The number of ether oxygens (including phenoxy) is 2. The molecule has 2 rings (SSSR count). The molecule has 4 atom stereocenters. The topological polar surface area (TPSA) is 38.7 Å². The minimum atomic E-state index is -0.353. The van der Waals surface area contributed by atoms with E-state index in [0.29, 0.717) is 18.9 Å². The molecule has 0 radical (unpaired) electrons. The Bertz CT molecular complexity index is 387. The molecule has 0 saturated heterocycles. The van der Waals surface area contributed by atoms with E-state index in [-0.39, 0.29) is 24.4 Å². The van der Waals surface area contributed by atoms with E-state index in [1.165, 1.54) is 32.1 Å². The van der Waals surface area contributed by atoms with Crippen molar-refractivity contribution in [2.24, 2.45) is 11.8 Å². The van der Waals surface area contributed by atoms with Gasteiger partial charge in [-0.15, -0.1) is 0 Å². The van der Waals surface area contributed by atoms with Crippen molar-refractivity contribution >= 4 is 0 Å². The molecule has 0 bridgehead atoms. The lowest BCUT2D eigenvalue weighted by Gasteiger charge is -2.29. The molecule has 3 nitrogen and oxygen atoms in total. The first-order valence-corrected chi connectivity index (χ1v) is 8.33. The van der Waals surface area contributed by atoms with Crippen LogP contribution in [0.3, 0.4) is 0 Å². The summed E-state index contributed by atoms with van der Waals surface area (Å²) >= 11 is 0. The van der Waals surface area contributed by atoms with E-state index in [4.69, 9.17) is 9.47 Å². The summed E-state index contributed by atoms with van der Waals surface area (Å²) in [6.45, 7) is 4.56. The lowest BCUT2D eigenvalue weighted by Crippen LogP contribution is -2.30. The summed E-state index contributed by atoms with van der Waals surface area (Å²) in [5.74, 6) is 6.95. The molecule has 0 amide bonds. The highest BCUT2D eigenvalue weighted by Crippen LogP contribution is 2.29. The van der Waals surface area contributed by atoms with Gasteiger partial charge in [0.25, 0.3) is 0 Å². The zero-order valence-corrected chi connectivity index (χ0v) is 13.3. The lowest BCUT2D eigenvalue weighted by atomic mass is 9.85. The van der Waals surface area contributed by atoms with Gasteiger partial charge in [-0.05, 0) is 39.0 Å². The van der Waals surface area contributed by atoms with Crippen molar-refractivity contribution in [1.82, 2.24) is 0 Å². The van der Waals surface area contributed by atoms with Crippen LogP contribution in [0.15, 0.2) is 12.2 Å². The maximum atomic E-state index is 9.85. The fourth-order valence-corrected chi connectivity index (χ4v) is 3.14. The number of aliphatic hydroxyl groups is 1. The second-order valence-electron chi connectivity index (χ2n) is 6.02. The summed E-state index contributed by atoms with van der Waals surface area (Å²) in [6, 6.07) is 0. The third-order valence-electron chi connectivity index (χ3n) is 4.35. The quantitative estimate of drug-likeness (QED) is 0.480. The van der Waals surface area contributed by atoms with Crippen LogP contribution in [0.25, 0.3) is 0 Å². The van der Waals surface area contributed by atoms with Crippen LogP contribution < -0.4 is 0 Å². The Morgan fingerprint density at radius 2 is 2.05 bits per heavy atom. The molecular formula is C18H28O3. The number of rotatable bonds is 5. The van der Waals surface area contributed by atoms with Gasteiger partial charge in [0.15, 0.2) is 6.29 Å². The summed E-state index contributed by atoms with van der Waals surface area (Å²) in [6.07, 6.45) is 10.3. The van der Waals surface area contributed by atoms with Crippen LogP contribution in [0.4, 0.5) is 0 Å². The number of aliphatic hydroxyl groups excluding tert-OH is 1. The first-order chi connectivity index (χ1) is 10.2. The molecule has 0 heterocycles. The molecule has 2 aliphatic rings. The Kier molecular flexibility index (Phi) is 6.76. The van der Waals surface area contributed by atoms with Gasteiger partial charge in [-0.25, -0.2) is 0 Å². The Hall–Kier alpha value is -0.820. The molecule has 2 aliphatic carbocycles. The summed E-state index contributed by atoms with van der Waals surface area (Å²) in [5.41, 5.74) is 0. The van der Waals surface area contributed by atoms with E-state index < -0.39 is 0 Å². The van der Waals surface area contributed by atoms with Gasteiger partial charge in [0.05, 0.1) is 12.0 Å². The number of hydrogen-bond acceptors (Lipinski definition) is 3. The zero-order valence-electron chi connectivity index (χ0n) is 13.3. The Balaban J connectivity index is 2.00. The van der Waals surface area contributed by atoms with Crippen molar-refractivity contribution in [3.63, 3.8) is 0 Å². The zero-order chi connectivity index (χ0) is 15.1. The van der Waals surface area contributed by atoms with Crippen molar-refractivity contribution in [3.05, 3.63) is 12.2 Å². The van der Waals surface area contributed by atoms with Crippen LogP contribution in [0, 0.1) is 23.7 Å². The second-order valence-corrected chi connectivity index (χ2v) is 6.02. The molecule has 0 aromatic carbocycles. The summed E-state index contributed by atoms with van der Waals surface area (Å²) < 4.78 is 11.5. The molecule has 1 saturated carbocycles. The third-order valence-corrected chi connectivity index (χ3v) is 4.35. The highest BCUT2D eigenvalue weighted by atomic mass is 16.7. The Labute approximate surface area is 128 Å². The summed E-state index contributed by atoms with van der Waals surface area (Å²) in [5, 5.41) is 9.85. The first kappa shape index (κ1) is 16.5. The minimum absolute atomic E-state index is 0.0397. The van der Waals surface area contributed by atoms with Gasteiger partial charge < -0.3 is 14.6 Å². The SMILES string of the molecule is CCOC(C)OC(C#C[C@@H]1C=CC[C@H]1O)C1CCCCC1.